The molecular formula is C15H15NO3. The monoisotopic (exact) mass is 257 g/mol. The molecule has 1 atom stereocenters. The Morgan fingerprint density at radius 1 is 1.16 bits per heavy atom. The number of pyridine rings is 1. The summed E-state index contributed by atoms with van der Waals surface area (Å²) in [6.07, 6.45) is 1.93. The van der Waals surface area contributed by atoms with Gasteiger partial charge in [-0.1, -0.05) is 12.1 Å². The van der Waals surface area contributed by atoms with Gasteiger partial charge in [-0.2, -0.15) is 0 Å². The standard InChI is InChI=1S/C15H15NO3/c1-17-12-4-2-11(3-5-12)9-18-13-6-7-14(16-8-13)15-10-19-15/h2-8,15H,9-10H2,1H3. The van der Waals surface area contributed by atoms with E-state index in [9.17, 15) is 0 Å². The van der Waals surface area contributed by atoms with Crippen LogP contribution in [0.25, 0.3) is 0 Å². The molecular weight excluding hydrogens is 242 g/mol. The third-order valence-corrected chi connectivity index (χ3v) is 2.99. The molecule has 0 aliphatic carbocycles. The molecule has 1 aromatic carbocycles. The first kappa shape index (κ1) is 12.0. The second kappa shape index (κ2) is 5.28. The van der Waals surface area contributed by atoms with Crippen LogP contribution in [0.2, 0.25) is 0 Å². The van der Waals surface area contributed by atoms with Gasteiger partial charge in [0.25, 0.3) is 0 Å². The van der Waals surface area contributed by atoms with Gasteiger partial charge < -0.3 is 14.2 Å². The number of ether oxygens (including phenoxy) is 3. The highest BCUT2D eigenvalue weighted by molar-refractivity contribution is 5.28. The van der Waals surface area contributed by atoms with Gasteiger partial charge in [0.2, 0.25) is 0 Å². The number of aromatic nitrogens is 1. The Morgan fingerprint density at radius 2 is 1.89 bits per heavy atom. The molecule has 4 nitrogen and oxygen atoms in total. The van der Waals surface area contributed by atoms with Gasteiger partial charge in [0, 0.05) is 0 Å². The van der Waals surface area contributed by atoms with E-state index in [0.29, 0.717) is 6.61 Å². The zero-order valence-electron chi connectivity index (χ0n) is 10.7. The van der Waals surface area contributed by atoms with Crippen molar-refractivity contribution in [3.8, 4) is 11.5 Å². The van der Waals surface area contributed by atoms with Gasteiger partial charge in [-0.25, -0.2) is 0 Å². The first-order valence-corrected chi connectivity index (χ1v) is 6.18. The molecule has 0 N–H and O–H groups in total. The van der Waals surface area contributed by atoms with Crippen LogP contribution in [0, 0.1) is 0 Å². The summed E-state index contributed by atoms with van der Waals surface area (Å²) in [6.45, 7) is 1.30. The van der Waals surface area contributed by atoms with Crippen molar-refractivity contribution >= 4 is 0 Å². The van der Waals surface area contributed by atoms with Crippen LogP contribution in [0.15, 0.2) is 42.6 Å². The summed E-state index contributed by atoms with van der Waals surface area (Å²) >= 11 is 0. The van der Waals surface area contributed by atoms with E-state index >= 15 is 0 Å². The highest BCUT2D eigenvalue weighted by Gasteiger charge is 2.25. The van der Waals surface area contributed by atoms with E-state index in [1.807, 2.05) is 36.4 Å². The minimum absolute atomic E-state index is 0.190. The molecule has 0 radical (unpaired) electrons. The Bertz CT molecular complexity index is 532. The van der Waals surface area contributed by atoms with Crippen molar-refractivity contribution in [2.24, 2.45) is 0 Å². The van der Waals surface area contributed by atoms with E-state index < -0.39 is 0 Å². The summed E-state index contributed by atoms with van der Waals surface area (Å²) in [5, 5.41) is 0. The number of nitrogens with zero attached hydrogens (tertiary/aromatic N) is 1. The van der Waals surface area contributed by atoms with E-state index in [0.717, 1.165) is 29.4 Å². The number of epoxide rings is 1. The number of hydrogen-bond acceptors (Lipinski definition) is 4. The summed E-state index contributed by atoms with van der Waals surface area (Å²) in [5.41, 5.74) is 2.06. The van der Waals surface area contributed by atoms with E-state index in [-0.39, 0.29) is 6.10 Å². The van der Waals surface area contributed by atoms with E-state index in [4.69, 9.17) is 14.2 Å². The topological polar surface area (TPSA) is 43.9 Å². The van der Waals surface area contributed by atoms with Crippen molar-refractivity contribution in [1.82, 2.24) is 4.98 Å². The van der Waals surface area contributed by atoms with Crippen molar-refractivity contribution in [1.29, 1.82) is 0 Å². The fraction of sp³-hybridized carbons (Fsp3) is 0.267. The molecule has 19 heavy (non-hydrogen) atoms. The molecule has 1 aliphatic rings. The number of rotatable bonds is 5. The smallest absolute Gasteiger partial charge is 0.138 e. The van der Waals surface area contributed by atoms with Crippen LogP contribution in [-0.4, -0.2) is 18.7 Å². The lowest BCUT2D eigenvalue weighted by Crippen LogP contribution is -1.96. The first-order chi connectivity index (χ1) is 9.35. The normalized spacial score (nSPS) is 17.0. The van der Waals surface area contributed by atoms with Gasteiger partial charge >= 0.3 is 0 Å². The van der Waals surface area contributed by atoms with Gasteiger partial charge in [0.05, 0.1) is 25.6 Å². The highest BCUT2D eigenvalue weighted by Crippen LogP contribution is 2.28. The van der Waals surface area contributed by atoms with Crippen molar-refractivity contribution in [2.45, 2.75) is 12.7 Å². The molecule has 1 unspecified atom stereocenters. The third kappa shape index (κ3) is 3.03. The fourth-order valence-corrected chi connectivity index (χ4v) is 1.77. The van der Waals surface area contributed by atoms with Gasteiger partial charge in [-0.15, -0.1) is 0 Å². The molecule has 0 spiro atoms. The average Bonchev–Trinajstić information content (AvgIpc) is 3.31. The maximum absolute atomic E-state index is 5.68. The summed E-state index contributed by atoms with van der Waals surface area (Å²) in [6, 6.07) is 11.7. The molecule has 3 rings (SSSR count). The molecule has 4 heteroatoms. The molecule has 1 fully saturated rings. The van der Waals surface area contributed by atoms with E-state index in [1.54, 1.807) is 13.3 Å². The number of methoxy groups -OCH3 is 1. The Balaban J connectivity index is 1.58. The lowest BCUT2D eigenvalue weighted by atomic mass is 10.2. The maximum atomic E-state index is 5.68. The summed E-state index contributed by atoms with van der Waals surface area (Å²) in [4.78, 5) is 4.31. The van der Waals surface area contributed by atoms with Crippen molar-refractivity contribution < 1.29 is 14.2 Å². The van der Waals surface area contributed by atoms with Crippen LogP contribution in [0.1, 0.15) is 17.4 Å². The Morgan fingerprint density at radius 3 is 2.47 bits per heavy atom. The first-order valence-electron chi connectivity index (χ1n) is 6.18. The van der Waals surface area contributed by atoms with Crippen LogP contribution in [-0.2, 0) is 11.3 Å². The Hall–Kier alpha value is -2.07. The minimum Gasteiger partial charge on any atom is -0.497 e. The molecule has 2 heterocycles. The summed E-state index contributed by atoms with van der Waals surface area (Å²) in [7, 11) is 1.66. The third-order valence-electron chi connectivity index (χ3n) is 2.99. The molecule has 98 valence electrons. The molecule has 1 saturated heterocycles. The SMILES string of the molecule is COc1ccc(COc2ccc(C3CO3)nc2)cc1. The maximum Gasteiger partial charge on any atom is 0.138 e. The van der Waals surface area contributed by atoms with Gasteiger partial charge in [-0.3, -0.25) is 4.98 Å². The van der Waals surface area contributed by atoms with Crippen molar-refractivity contribution in [2.75, 3.05) is 13.7 Å². The molecule has 0 saturated carbocycles. The Kier molecular flexibility index (Phi) is 3.33. The van der Waals surface area contributed by atoms with E-state index in [2.05, 4.69) is 4.98 Å². The van der Waals surface area contributed by atoms with Crippen LogP contribution >= 0.6 is 0 Å². The molecule has 2 aromatic rings. The second-order valence-corrected chi connectivity index (χ2v) is 4.38. The summed E-state index contributed by atoms with van der Waals surface area (Å²) < 4.78 is 16.0. The van der Waals surface area contributed by atoms with Crippen LogP contribution in [0.5, 0.6) is 11.5 Å². The van der Waals surface area contributed by atoms with Gasteiger partial charge in [0.15, 0.2) is 0 Å². The lowest BCUT2D eigenvalue weighted by Gasteiger charge is -2.07. The zero-order valence-corrected chi connectivity index (χ0v) is 10.7. The largest absolute Gasteiger partial charge is 0.497 e. The fourth-order valence-electron chi connectivity index (χ4n) is 1.77. The predicted octanol–water partition coefficient (Wildman–Crippen LogP) is 2.74. The van der Waals surface area contributed by atoms with Crippen LogP contribution in [0.4, 0.5) is 0 Å². The molecule has 0 amide bonds. The van der Waals surface area contributed by atoms with Gasteiger partial charge in [-0.05, 0) is 29.8 Å². The van der Waals surface area contributed by atoms with Crippen molar-refractivity contribution in [3.05, 3.63) is 53.9 Å². The molecule has 1 aromatic heterocycles. The molecule has 0 bridgehead atoms. The van der Waals surface area contributed by atoms with Crippen molar-refractivity contribution in [3.63, 3.8) is 0 Å². The predicted molar refractivity (Wildman–Crippen MR) is 70.3 cm³/mol. The highest BCUT2D eigenvalue weighted by atomic mass is 16.6. The lowest BCUT2D eigenvalue weighted by molar-refractivity contribution is 0.304. The quantitative estimate of drug-likeness (QED) is 0.772. The minimum atomic E-state index is 0.190. The van der Waals surface area contributed by atoms with Gasteiger partial charge in [0.1, 0.15) is 24.2 Å². The zero-order chi connectivity index (χ0) is 13.1. The van der Waals surface area contributed by atoms with E-state index in [1.165, 1.54) is 0 Å². The summed E-state index contributed by atoms with van der Waals surface area (Å²) in [5.74, 6) is 1.61. The van der Waals surface area contributed by atoms with Crippen LogP contribution < -0.4 is 9.47 Å². The number of benzene rings is 1. The second-order valence-electron chi connectivity index (χ2n) is 4.38. The number of hydrogen-bond donors (Lipinski definition) is 0. The Labute approximate surface area is 112 Å². The molecule has 1 aliphatic heterocycles. The van der Waals surface area contributed by atoms with Crippen LogP contribution in [0.3, 0.4) is 0 Å². The average molecular weight is 257 g/mol.